The molecule has 0 bridgehead atoms. The first kappa shape index (κ1) is 12.0. The Kier molecular flexibility index (Phi) is 3.23. The molecule has 1 N–H and O–H groups in total. The van der Waals surface area contributed by atoms with E-state index in [9.17, 15) is 5.11 Å². The first-order valence-corrected chi connectivity index (χ1v) is 7.85. The highest BCUT2D eigenvalue weighted by Crippen LogP contribution is 2.59. The molecule has 3 aliphatic rings. The van der Waals surface area contributed by atoms with Crippen LogP contribution in [0.4, 0.5) is 0 Å². The molecule has 0 aromatic carbocycles. The van der Waals surface area contributed by atoms with E-state index in [0.717, 1.165) is 23.7 Å². The van der Waals surface area contributed by atoms with Crippen LogP contribution in [0.5, 0.6) is 0 Å². The third-order valence-corrected chi connectivity index (χ3v) is 5.82. The zero-order valence-electron chi connectivity index (χ0n) is 11.4. The molecular weight excluding hydrogens is 208 g/mol. The van der Waals surface area contributed by atoms with Gasteiger partial charge in [-0.05, 0) is 67.6 Å². The summed E-state index contributed by atoms with van der Waals surface area (Å²) in [6.45, 7) is 4.74. The molecule has 3 saturated carbocycles. The molecule has 0 saturated heterocycles. The quantitative estimate of drug-likeness (QED) is 0.772. The highest BCUT2D eigenvalue weighted by Gasteiger charge is 2.55. The summed E-state index contributed by atoms with van der Waals surface area (Å²) in [4.78, 5) is 0. The summed E-state index contributed by atoms with van der Waals surface area (Å²) in [5, 5.41) is 10.7. The van der Waals surface area contributed by atoms with E-state index in [1.165, 1.54) is 44.9 Å². The standard InChI is InChI=1S/C16H28O/c1-10-7-11(2)9-12(8-10)16(17)15-13-5-3-4-6-14(13)15/h10-17H,3-9H2,1-2H3. The average Bonchev–Trinajstić information content (AvgIpc) is 3.00. The Morgan fingerprint density at radius 1 is 0.882 bits per heavy atom. The van der Waals surface area contributed by atoms with E-state index in [-0.39, 0.29) is 6.10 Å². The fraction of sp³-hybridized carbons (Fsp3) is 1.00. The topological polar surface area (TPSA) is 20.2 Å². The highest BCUT2D eigenvalue weighted by atomic mass is 16.3. The summed E-state index contributed by atoms with van der Waals surface area (Å²) in [5.74, 6) is 4.79. The lowest BCUT2D eigenvalue weighted by Gasteiger charge is -2.34. The smallest absolute Gasteiger partial charge is 0.0602 e. The van der Waals surface area contributed by atoms with Crippen molar-refractivity contribution in [1.29, 1.82) is 0 Å². The molecule has 1 nitrogen and oxygen atoms in total. The van der Waals surface area contributed by atoms with Gasteiger partial charge in [0, 0.05) is 0 Å². The van der Waals surface area contributed by atoms with Crippen molar-refractivity contribution in [3.05, 3.63) is 0 Å². The zero-order chi connectivity index (χ0) is 12.0. The van der Waals surface area contributed by atoms with Gasteiger partial charge in [0.1, 0.15) is 0 Å². The minimum absolute atomic E-state index is 0.0355. The normalized spacial score (nSPS) is 51.7. The third kappa shape index (κ3) is 2.28. The maximum absolute atomic E-state index is 10.7. The molecule has 0 heterocycles. The lowest BCUT2D eigenvalue weighted by Crippen LogP contribution is -2.31. The van der Waals surface area contributed by atoms with Gasteiger partial charge in [-0.3, -0.25) is 0 Å². The van der Waals surface area contributed by atoms with Crippen molar-refractivity contribution >= 4 is 0 Å². The molecule has 1 heteroatoms. The van der Waals surface area contributed by atoms with E-state index in [1.807, 2.05) is 0 Å². The molecule has 3 aliphatic carbocycles. The molecule has 3 fully saturated rings. The van der Waals surface area contributed by atoms with Crippen molar-refractivity contribution in [2.24, 2.45) is 35.5 Å². The van der Waals surface area contributed by atoms with Crippen molar-refractivity contribution < 1.29 is 5.11 Å². The van der Waals surface area contributed by atoms with Crippen molar-refractivity contribution in [1.82, 2.24) is 0 Å². The van der Waals surface area contributed by atoms with E-state index >= 15 is 0 Å². The second-order valence-electron chi connectivity index (χ2n) is 7.36. The first-order chi connectivity index (χ1) is 8.16. The minimum atomic E-state index is 0.0355. The van der Waals surface area contributed by atoms with Crippen LogP contribution in [0.1, 0.15) is 58.8 Å². The molecular formula is C16H28O. The maximum Gasteiger partial charge on any atom is 0.0602 e. The number of aliphatic hydroxyl groups excluding tert-OH is 1. The lowest BCUT2D eigenvalue weighted by atomic mass is 9.73. The molecule has 5 unspecified atom stereocenters. The van der Waals surface area contributed by atoms with Gasteiger partial charge in [-0.15, -0.1) is 0 Å². The van der Waals surface area contributed by atoms with E-state index in [1.54, 1.807) is 0 Å². The number of hydrogen-bond acceptors (Lipinski definition) is 1. The van der Waals surface area contributed by atoms with Crippen LogP contribution >= 0.6 is 0 Å². The summed E-state index contributed by atoms with van der Waals surface area (Å²) in [7, 11) is 0. The summed E-state index contributed by atoms with van der Waals surface area (Å²) >= 11 is 0. The second-order valence-corrected chi connectivity index (χ2v) is 7.36. The van der Waals surface area contributed by atoms with Crippen LogP contribution in [0.2, 0.25) is 0 Å². The van der Waals surface area contributed by atoms with Gasteiger partial charge in [0.2, 0.25) is 0 Å². The van der Waals surface area contributed by atoms with Crippen molar-refractivity contribution in [2.75, 3.05) is 0 Å². The van der Waals surface area contributed by atoms with Gasteiger partial charge in [0.25, 0.3) is 0 Å². The monoisotopic (exact) mass is 236 g/mol. The van der Waals surface area contributed by atoms with Gasteiger partial charge in [-0.2, -0.15) is 0 Å². The van der Waals surface area contributed by atoms with Crippen molar-refractivity contribution in [2.45, 2.75) is 64.9 Å². The van der Waals surface area contributed by atoms with Crippen LogP contribution in [-0.4, -0.2) is 11.2 Å². The van der Waals surface area contributed by atoms with Gasteiger partial charge in [0.05, 0.1) is 6.10 Å². The Hall–Kier alpha value is -0.0400. The molecule has 5 atom stereocenters. The van der Waals surface area contributed by atoms with E-state index in [0.29, 0.717) is 11.8 Å². The van der Waals surface area contributed by atoms with Crippen LogP contribution in [0.15, 0.2) is 0 Å². The largest absolute Gasteiger partial charge is 0.393 e. The van der Waals surface area contributed by atoms with Gasteiger partial charge >= 0.3 is 0 Å². The first-order valence-electron chi connectivity index (χ1n) is 7.85. The SMILES string of the molecule is CC1CC(C)CC(C(O)C2C3CCCCC32)C1. The molecule has 0 aliphatic heterocycles. The molecule has 0 spiro atoms. The Labute approximate surface area is 106 Å². The van der Waals surface area contributed by atoms with Crippen LogP contribution in [-0.2, 0) is 0 Å². The fourth-order valence-corrected chi connectivity index (χ4v) is 5.16. The van der Waals surface area contributed by atoms with Crippen LogP contribution in [0, 0.1) is 35.5 Å². The summed E-state index contributed by atoms with van der Waals surface area (Å²) in [6, 6.07) is 0. The molecule has 0 radical (unpaired) electrons. The van der Waals surface area contributed by atoms with Gasteiger partial charge in [-0.1, -0.05) is 26.7 Å². The Morgan fingerprint density at radius 2 is 1.41 bits per heavy atom. The summed E-state index contributed by atoms with van der Waals surface area (Å²) in [5.41, 5.74) is 0. The van der Waals surface area contributed by atoms with Crippen molar-refractivity contribution in [3.63, 3.8) is 0 Å². The predicted molar refractivity (Wildman–Crippen MR) is 70.6 cm³/mol. The lowest BCUT2D eigenvalue weighted by molar-refractivity contribution is 0.0335. The molecule has 0 aromatic rings. The number of hydrogen-bond donors (Lipinski definition) is 1. The summed E-state index contributed by atoms with van der Waals surface area (Å²) in [6.07, 6.45) is 9.62. The van der Waals surface area contributed by atoms with E-state index in [4.69, 9.17) is 0 Å². The summed E-state index contributed by atoms with van der Waals surface area (Å²) < 4.78 is 0. The predicted octanol–water partition coefficient (Wildman–Crippen LogP) is 3.86. The molecule has 0 amide bonds. The zero-order valence-corrected chi connectivity index (χ0v) is 11.4. The highest BCUT2D eigenvalue weighted by molar-refractivity contribution is 5.04. The number of rotatable bonds is 2. The average molecular weight is 236 g/mol. The molecule has 0 aromatic heterocycles. The van der Waals surface area contributed by atoms with Crippen LogP contribution in [0.3, 0.4) is 0 Å². The van der Waals surface area contributed by atoms with Gasteiger partial charge in [0.15, 0.2) is 0 Å². The Morgan fingerprint density at radius 3 is 1.94 bits per heavy atom. The molecule has 98 valence electrons. The van der Waals surface area contributed by atoms with Crippen LogP contribution in [0.25, 0.3) is 0 Å². The number of fused-ring (bicyclic) bond motifs is 1. The Balaban J connectivity index is 1.60. The third-order valence-electron chi connectivity index (χ3n) is 5.82. The maximum atomic E-state index is 10.7. The van der Waals surface area contributed by atoms with Gasteiger partial charge in [-0.25, -0.2) is 0 Å². The van der Waals surface area contributed by atoms with E-state index in [2.05, 4.69) is 13.8 Å². The Bertz CT molecular complexity index is 253. The van der Waals surface area contributed by atoms with Crippen LogP contribution < -0.4 is 0 Å². The van der Waals surface area contributed by atoms with E-state index < -0.39 is 0 Å². The minimum Gasteiger partial charge on any atom is -0.393 e. The fourth-order valence-electron chi connectivity index (χ4n) is 5.16. The van der Waals surface area contributed by atoms with Gasteiger partial charge < -0.3 is 5.11 Å². The van der Waals surface area contributed by atoms with Crippen molar-refractivity contribution in [3.8, 4) is 0 Å². The number of aliphatic hydroxyl groups is 1. The second kappa shape index (κ2) is 4.57. The molecule has 17 heavy (non-hydrogen) atoms. The molecule has 3 rings (SSSR count).